The molecule has 0 amide bonds. The van der Waals surface area contributed by atoms with Crippen LogP contribution in [0.1, 0.15) is 30.5 Å². The number of nitrogens with zero attached hydrogens (tertiary/aromatic N) is 3. The summed E-state index contributed by atoms with van der Waals surface area (Å²) < 4.78 is 0. The minimum atomic E-state index is -0.664. The summed E-state index contributed by atoms with van der Waals surface area (Å²) in [5.41, 5.74) is 2.46. The number of carbonyl (C=O) groups is 1. The van der Waals surface area contributed by atoms with Crippen molar-refractivity contribution in [2.24, 2.45) is 5.92 Å². The normalized spacial score (nSPS) is 19.9. The van der Waals surface area contributed by atoms with Crippen molar-refractivity contribution in [3.63, 3.8) is 0 Å². The van der Waals surface area contributed by atoms with Crippen LogP contribution < -0.4 is 4.90 Å². The van der Waals surface area contributed by atoms with Crippen LogP contribution in [0, 0.1) is 5.92 Å². The lowest BCUT2D eigenvalue weighted by Gasteiger charge is -2.32. The molecule has 0 saturated carbocycles. The molecule has 0 unspecified atom stereocenters. The maximum atomic E-state index is 10.9. The Balaban J connectivity index is 1.77. The summed E-state index contributed by atoms with van der Waals surface area (Å²) in [6, 6.07) is 0. The van der Waals surface area contributed by atoms with E-state index in [4.69, 9.17) is 5.11 Å². The summed E-state index contributed by atoms with van der Waals surface area (Å²) in [7, 11) is 0. The Morgan fingerprint density at radius 3 is 2.78 bits per heavy atom. The quantitative estimate of drug-likeness (QED) is 0.852. The van der Waals surface area contributed by atoms with Gasteiger partial charge in [0.2, 0.25) is 0 Å². The second-order valence-corrected chi connectivity index (χ2v) is 5.08. The number of anilines is 1. The van der Waals surface area contributed by atoms with E-state index in [2.05, 4.69) is 14.9 Å². The molecule has 0 spiro atoms. The summed E-state index contributed by atoms with van der Waals surface area (Å²) in [6.07, 6.45) is 6.35. The molecule has 0 bridgehead atoms. The molecule has 5 nitrogen and oxygen atoms in total. The molecular formula is C13H17N3O2. The van der Waals surface area contributed by atoms with Crippen molar-refractivity contribution >= 4 is 11.8 Å². The third-order valence-electron chi connectivity index (χ3n) is 4.00. The molecule has 1 aliphatic heterocycles. The molecule has 5 heteroatoms. The van der Waals surface area contributed by atoms with Crippen molar-refractivity contribution in [1.29, 1.82) is 0 Å². The Kier molecular flexibility index (Phi) is 2.89. The van der Waals surface area contributed by atoms with Gasteiger partial charge in [0.25, 0.3) is 0 Å². The fraction of sp³-hybridized carbons (Fsp3) is 0.615. The number of carboxylic acid groups (broad SMARTS) is 1. The average Bonchev–Trinajstić information content (AvgIpc) is 2.87. The third kappa shape index (κ3) is 1.94. The number of aromatic nitrogens is 2. The van der Waals surface area contributed by atoms with E-state index in [-0.39, 0.29) is 5.92 Å². The highest BCUT2D eigenvalue weighted by Crippen LogP contribution is 2.30. The van der Waals surface area contributed by atoms with Gasteiger partial charge in [0.15, 0.2) is 0 Å². The number of piperidine rings is 1. The monoisotopic (exact) mass is 247 g/mol. The van der Waals surface area contributed by atoms with Gasteiger partial charge >= 0.3 is 5.97 Å². The number of aryl methyl sites for hydroxylation is 1. The number of hydrogen-bond acceptors (Lipinski definition) is 4. The Hall–Kier alpha value is -1.65. The van der Waals surface area contributed by atoms with Crippen molar-refractivity contribution in [3.05, 3.63) is 17.6 Å². The smallest absolute Gasteiger partial charge is 0.306 e. The maximum Gasteiger partial charge on any atom is 0.306 e. The predicted octanol–water partition coefficient (Wildman–Crippen LogP) is 1.27. The summed E-state index contributed by atoms with van der Waals surface area (Å²) in [5.74, 6) is 0.194. The summed E-state index contributed by atoms with van der Waals surface area (Å²) in [6.45, 7) is 1.58. The zero-order valence-corrected chi connectivity index (χ0v) is 10.3. The Labute approximate surface area is 106 Å². The van der Waals surface area contributed by atoms with Gasteiger partial charge in [-0.1, -0.05) is 0 Å². The second kappa shape index (κ2) is 4.55. The number of aliphatic carboxylic acids is 1. The molecule has 0 radical (unpaired) electrons. The van der Waals surface area contributed by atoms with Crippen molar-refractivity contribution in [1.82, 2.24) is 9.97 Å². The van der Waals surface area contributed by atoms with Crippen LogP contribution in [0.4, 0.5) is 5.82 Å². The van der Waals surface area contributed by atoms with Crippen LogP contribution in [0.15, 0.2) is 6.33 Å². The van der Waals surface area contributed by atoms with E-state index in [0.717, 1.165) is 38.2 Å². The van der Waals surface area contributed by atoms with Gasteiger partial charge in [-0.15, -0.1) is 0 Å². The first-order valence-corrected chi connectivity index (χ1v) is 6.56. The maximum absolute atomic E-state index is 10.9. The lowest BCUT2D eigenvalue weighted by Crippen LogP contribution is -2.37. The molecular weight excluding hydrogens is 230 g/mol. The molecule has 0 atom stereocenters. The Bertz CT molecular complexity index is 467. The minimum absolute atomic E-state index is 0.184. The van der Waals surface area contributed by atoms with Crippen LogP contribution in [-0.2, 0) is 17.6 Å². The van der Waals surface area contributed by atoms with Crippen LogP contribution in [0.25, 0.3) is 0 Å². The van der Waals surface area contributed by atoms with E-state index in [1.54, 1.807) is 6.33 Å². The van der Waals surface area contributed by atoms with Gasteiger partial charge in [0, 0.05) is 24.3 Å². The van der Waals surface area contributed by atoms with E-state index in [0.29, 0.717) is 12.8 Å². The average molecular weight is 247 g/mol. The first-order chi connectivity index (χ1) is 8.75. The SMILES string of the molecule is O=C(O)C1CCN(c2ncnc3c2CCC3)CC1. The third-order valence-corrected chi connectivity index (χ3v) is 4.00. The van der Waals surface area contributed by atoms with Gasteiger partial charge in [-0.25, -0.2) is 9.97 Å². The van der Waals surface area contributed by atoms with Crippen LogP contribution in [-0.4, -0.2) is 34.1 Å². The highest BCUT2D eigenvalue weighted by Gasteiger charge is 2.27. The van der Waals surface area contributed by atoms with Crippen LogP contribution in [0.2, 0.25) is 0 Å². The highest BCUT2D eigenvalue weighted by molar-refractivity contribution is 5.70. The number of fused-ring (bicyclic) bond motifs is 1. The largest absolute Gasteiger partial charge is 0.481 e. The van der Waals surface area contributed by atoms with Crippen LogP contribution >= 0.6 is 0 Å². The predicted molar refractivity (Wildman–Crippen MR) is 66.6 cm³/mol. The molecule has 2 aliphatic rings. The molecule has 1 N–H and O–H groups in total. The lowest BCUT2D eigenvalue weighted by molar-refractivity contribution is -0.142. The van der Waals surface area contributed by atoms with Gasteiger partial charge in [0.1, 0.15) is 12.1 Å². The van der Waals surface area contributed by atoms with E-state index in [1.165, 1.54) is 11.3 Å². The number of hydrogen-bond donors (Lipinski definition) is 1. The number of rotatable bonds is 2. The standard InChI is InChI=1S/C13H17N3O2/c17-13(18)9-4-6-16(7-5-9)12-10-2-1-3-11(10)14-8-15-12/h8-9H,1-7H2,(H,17,18). The van der Waals surface area contributed by atoms with E-state index < -0.39 is 5.97 Å². The Morgan fingerprint density at radius 2 is 2.06 bits per heavy atom. The van der Waals surface area contributed by atoms with Crippen molar-refractivity contribution < 1.29 is 9.90 Å². The topological polar surface area (TPSA) is 66.3 Å². The molecule has 2 heterocycles. The van der Waals surface area contributed by atoms with Gasteiger partial charge < -0.3 is 10.0 Å². The molecule has 1 saturated heterocycles. The lowest BCUT2D eigenvalue weighted by atomic mass is 9.97. The minimum Gasteiger partial charge on any atom is -0.481 e. The first-order valence-electron chi connectivity index (χ1n) is 6.56. The van der Waals surface area contributed by atoms with Gasteiger partial charge in [0.05, 0.1) is 5.92 Å². The van der Waals surface area contributed by atoms with Gasteiger partial charge in [-0.05, 0) is 32.1 Å². The number of carboxylic acids is 1. The molecule has 1 aliphatic carbocycles. The first kappa shape index (κ1) is 11.4. The molecule has 96 valence electrons. The molecule has 18 heavy (non-hydrogen) atoms. The summed E-state index contributed by atoms with van der Waals surface area (Å²) in [5, 5.41) is 9.01. The van der Waals surface area contributed by atoms with E-state index in [1.807, 2.05) is 0 Å². The second-order valence-electron chi connectivity index (χ2n) is 5.08. The Morgan fingerprint density at radius 1 is 1.28 bits per heavy atom. The summed E-state index contributed by atoms with van der Waals surface area (Å²) >= 11 is 0. The van der Waals surface area contributed by atoms with Crippen molar-refractivity contribution in [2.75, 3.05) is 18.0 Å². The highest BCUT2D eigenvalue weighted by atomic mass is 16.4. The zero-order chi connectivity index (χ0) is 12.5. The van der Waals surface area contributed by atoms with E-state index >= 15 is 0 Å². The molecule has 0 aromatic carbocycles. The molecule has 1 fully saturated rings. The van der Waals surface area contributed by atoms with Gasteiger partial charge in [-0.2, -0.15) is 0 Å². The van der Waals surface area contributed by atoms with E-state index in [9.17, 15) is 4.79 Å². The zero-order valence-electron chi connectivity index (χ0n) is 10.3. The van der Waals surface area contributed by atoms with Crippen LogP contribution in [0.5, 0.6) is 0 Å². The fourth-order valence-electron chi connectivity index (χ4n) is 2.95. The molecule has 1 aromatic rings. The summed E-state index contributed by atoms with van der Waals surface area (Å²) in [4.78, 5) is 21.9. The van der Waals surface area contributed by atoms with Crippen molar-refractivity contribution in [2.45, 2.75) is 32.1 Å². The molecule has 3 rings (SSSR count). The van der Waals surface area contributed by atoms with Crippen LogP contribution in [0.3, 0.4) is 0 Å². The van der Waals surface area contributed by atoms with Crippen molar-refractivity contribution in [3.8, 4) is 0 Å². The fourth-order valence-corrected chi connectivity index (χ4v) is 2.95. The van der Waals surface area contributed by atoms with Gasteiger partial charge in [-0.3, -0.25) is 4.79 Å². The molecule has 1 aromatic heterocycles.